The highest BCUT2D eigenvalue weighted by molar-refractivity contribution is 5.26. The standard InChI is InChI=1S/C18H32N2/c1-7-18(4,5)20(6)17(13-19)16-10-8-15(9-11-16)12-14(2)3/h8-11,14,17H,7,12-13,19H2,1-6H3. The zero-order valence-electron chi connectivity index (χ0n) is 14.1. The third-order valence-electron chi connectivity index (χ3n) is 4.52. The van der Waals surface area contributed by atoms with Crippen molar-refractivity contribution in [3.8, 4) is 0 Å². The Morgan fingerprint density at radius 1 is 1.15 bits per heavy atom. The van der Waals surface area contributed by atoms with E-state index in [1.54, 1.807) is 0 Å². The highest BCUT2D eigenvalue weighted by atomic mass is 15.2. The van der Waals surface area contributed by atoms with E-state index in [9.17, 15) is 0 Å². The molecule has 0 saturated heterocycles. The number of hydrogen-bond acceptors (Lipinski definition) is 2. The minimum absolute atomic E-state index is 0.167. The molecule has 0 spiro atoms. The lowest BCUT2D eigenvalue weighted by atomic mass is 9.93. The van der Waals surface area contributed by atoms with E-state index in [0.29, 0.717) is 12.5 Å². The molecule has 1 rings (SSSR count). The van der Waals surface area contributed by atoms with Gasteiger partial charge in [-0.1, -0.05) is 45.0 Å². The van der Waals surface area contributed by atoms with Crippen LogP contribution in [0.1, 0.15) is 58.2 Å². The predicted molar refractivity (Wildman–Crippen MR) is 88.9 cm³/mol. The Bertz CT molecular complexity index is 392. The van der Waals surface area contributed by atoms with E-state index in [2.05, 4.69) is 70.8 Å². The quantitative estimate of drug-likeness (QED) is 0.815. The second kappa shape index (κ2) is 7.24. The second-order valence-electron chi connectivity index (χ2n) is 6.87. The number of nitrogens with zero attached hydrogens (tertiary/aromatic N) is 1. The summed E-state index contributed by atoms with van der Waals surface area (Å²) in [6, 6.07) is 9.29. The topological polar surface area (TPSA) is 29.3 Å². The molecule has 1 unspecified atom stereocenters. The first-order chi connectivity index (χ1) is 9.31. The van der Waals surface area contributed by atoms with Crippen LogP contribution in [0.15, 0.2) is 24.3 Å². The van der Waals surface area contributed by atoms with Crippen LogP contribution in [0, 0.1) is 5.92 Å². The van der Waals surface area contributed by atoms with Crippen molar-refractivity contribution in [2.75, 3.05) is 13.6 Å². The van der Waals surface area contributed by atoms with E-state index in [1.165, 1.54) is 11.1 Å². The Morgan fingerprint density at radius 3 is 2.10 bits per heavy atom. The van der Waals surface area contributed by atoms with Gasteiger partial charge in [0.2, 0.25) is 0 Å². The lowest BCUT2D eigenvalue weighted by Crippen LogP contribution is -2.45. The van der Waals surface area contributed by atoms with Gasteiger partial charge < -0.3 is 5.73 Å². The van der Waals surface area contributed by atoms with Gasteiger partial charge in [-0.2, -0.15) is 0 Å². The maximum absolute atomic E-state index is 6.03. The van der Waals surface area contributed by atoms with Crippen molar-refractivity contribution in [3.63, 3.8) is 0 Å². The molecule has 20 heavy (non-hydrogen) atoms. The largest absolute Gasteiger partial charge is 0.329 e. The third kappa shape index (κ3) is 4.32. The van der Waals surface area contributed by atoms with E-state index in [0.717, 1.165) is 12.8 Å². The smallest absolute Gasteiger partial charge is 0.0472 e. The van der Waals surface area contributed by atoms with Crippen LogP contribution in [-0.2, 0) is 6.42 Å². The van der Waals surface area contributed by atoms with Crippen LogP contribution in [0.5, 0.6) is 0 Å². The first-order valence-corrected chi connectivity index (χ1v) is 7.83. The molecule has 0 amide bonds. The molecule has 0 radical (unpaired) electrons. The molecule has 2 nitrogen and oxygen atoms in total. The van der Waals surface area contributed by atoms with E-state index in [1.807, 2.05) is 0 Å². The third-order valence-corrected chi connectivity index (χ3v) is 4.52. The van der Waals surface area contributed by atoms with E-state index >= 15 is 0 Å². The van der Waals surface area contributed by atoms with Gasteiger partial charge in [0, 0.05) is 18.1 Å². The maximum Gasteiger partial charge on any atom is 0.0472 e. The van der Waals surface area contributed by atoms with Gasteiger partial charge in [0.05, 0.1) is 0 Å². The zero-order chi connectivity index (χ0) is 15.3. The van der Waals surface area contributed by atoms with Crippen molar-refractivity contribution in [1.29, 1.82) is 0 Å². The van der Waals surface area contributed by atoms with Gasteiger partial charge >= 0.3 is 0 Å². The van der Waals surface area contributed by atoms with Gasteiger partial charge in [-0.25, -0.2) is 0 Å². The van der Waals surface area contributed by atoms with Crippen molar-refractivity contribution in [1.82, 2.24) is 4.90 Å². The lowest BCUT2D eigenvalue weighted by molar-refractivity contribution is 0.100. The molecule has 0 aromatic heterocycles. The fourth-order valence-electron chi connectivity index (χ4n) is 2.54. The Hall–Kier alpha value is -0.860. The summed E-state index contributed by atoms with van der Waals surface area (Å²) in [6.45, 7) is 12.0. The summed E-state index contributed by atoms with van der Waals surface area (Å²) in [7, 11) is 2.18. The summed E-state index contributed by atoms with van der Waals surface area (Å²) in [4.78, 5) is 2.41. The SMILES string of the molecule is CCC(C)(C)N(C)C(CN)c1ccc(CC(C)C)cc1. The van der Waals surface area contributed by atoms with E-state index < -0.39 is 0 Å². The number of nitrogens with two attached hydrogens (primary N) is 1. The molecule has 0 aliphatic carbocycles. The molecule has 0 fully saturated rings. The van der Waals surface area contributed by atoms with E-state index in [4.69, 9.17) is 5.73 Å². The Morgan fingerprint density at radius 2 is 1.70 bits per heavy atom. The van der Waals surface area contributed by atoms with Crippen molar-refractivity contribution < 1.29 is 0 Å². The summed E-state index contributed by atoms with van der Waals surface area (Å²) in [5, 5.41) is 0. The van der Waals surface area contributed by atoms with Crippen LogP contribution in [0.25, 0.3) is 0 Å². The number of hydrogen-bond donors (Lipinski definition) is 1. The van der Waals surface area contributed by atoms with Crippen molar-refractivity contribution in [2.45, 2.75) is 59.0 Å². The average Bonchev–Trinajstić information content (AvgIpc) is 2.40. The predicted octanol–water partition coefficient (Wildman–Crippen LogP) is 4.01. The lowest BCUT2D eigenvalue weighted by Gasteiger charge is -2.40. The molecule has 0 aliphatic heterocycles. The fourth-order valence-corrected chi connectivity index (χ4v) is 2.54. The zero-order valence-corrected chi connectivity index (χ0v) is 14.1. The molecule has 114 valence electrons. The monoisotopic (exact) mass is 276 g/mol. The molecule has 0 aliphatic rings. The summed E-state index contributed by atoms with van der Waals surface area (Å²) in [6.07, 6.45) is 2.26. The molecule has 0 bridgehead atoms. The van der Waals surface area contributed by atoms with Crippen LogP contribution >= 0.6 is 0 Å². The average molecular weight is 276 g/mol. The van der Waals surface area contributed by atoms with Gasteiger partial charge in [-0.05, 0) is 50.8 Å². The molecular formula is C18H32N2. The number of benzene rings is 1. The van der Waals surface area contributed by atoms with Crippen LogP contribution in [0.3, 0.4) is 0 Å². The second-order valence-corrected chi connectivity index (χ2v) is 6.87. The van der Waals surface area contributed by atoms with Gasteiger partial charge in [0.15, 0.2) is 0 Å². The van der Waals surface area contributed by atoms with Crippen LogP contribution in [0.2, 0.25) is 0 Å². The first-order valence-electron chi connectivity index (χ1n) is 7.83. The van der Waals surface area contributed by atoms with Crippen LogP contribution in [0.4, 0.5) is 0 Å². The van der Waals surface area contributed by atoms with Crippen LogP contribution in [-0.4, -0.2) is 24.0 Å². The van der Waals surface area contributed by atoms with Crippen molar-refractivity contribution in [3.05, 3.63) is 35.4 Å². The van der Waals surface area contributed by atoms with Crippen molar-refractivity contribution in [2.24, 2.45) is 11.7 Å². The minimum Gasteiger partial charge on any atom is -0.329 e. The molecule has 0 saturated carbocycles. The highest BCUT2D eigenvalue weighted by Crippen LogP contribution is 2.28. The minimum atomic E-state index is 0.167. The molecule has 2 N–H and O–H groups in total. The number of rotatable bonds is 7. The highest BCUT2D eigenvalue weighted by Gasteiger charge is 2.27. The normalized spacial score (nSPS) is 14.1. The van der Waals surface area contributed by atoms with Crippen molar-refractivity contribution >= 4 is 0 Å². The molecule has 2 heteroatoms. The Kier molecular flexibility index (Phi) is 6.22. The fraction of sp³-hybridized carbons (Fsp3) is 0.667. The summed E-state index contributed by atoms with van der Waals surface area (Å²) >= 11 is 0. The van der Waals surface area contributed by atoms with Crippen LogP contribution < -0.4 is 5.73 Å². The number of likely N-dealkylation sites (N-methyl/N-ethyl adjacent to an activating group) is 1. The molecule has 1 atom stereocenters. The molecule has 1 aromatic carbocycles. The maximum atomic E-state index is 6.03. The Labute approximate surface area is 125 Å². The summed E-state index contributed by atoms with van der Waals surface area (Å²) < 4.78 is 0. The Balaban J connectivity index is 2.90. The van der Waals surface area contributed by atoms with Gasteiger partial charge in [0.25, 0.3) is 0 Å². The van der Waals surface area contributed by atoms with Gasteiger partial charge in [0.1, 0.15) is 0 Å². The van der Waals surface area contributed by atoms with E-state index in [-0.39, 0.29) is 11.6 Å². The summed E-state index contributed by atoms with van der Waals surface area (Å²) in [5.41, 5.74) is 8.94. The van der Waals surface area contributed by atoms with Gasteiger partial charge in [-0.15, -0.1) is 0 Å². The first kappa shape index (κ1) is 17.2. The summed E-state index contributed by atoms with van der Waals surface area (Å²) in [5.74, 6) is 0.702. The van der Waals surface area contributed by atoms with Gasteiger partial charge in [-0.3, -0.25) is 4.90 Å². The molecule has 0 heterocycles. The molecular weight excluding hydrogens is 244 g/mol. The molecule has 1 aromatic rings.